The average molecular weight is 335 g/mol. The highest BCUT2D eigenvalue weighted by Crippen LogP contribution is 2.39. The molecule has 2 aromatic heterocycles. The summed E-state index contributed by atoms with van der Waals surface area (Å²) in [6.45, 7) is 4.73. The van der Waals surface area contributed by atoms with Gasteiger partial charge in [0, 0.05) is 28.9 Å². The molecule has 25 heavy (non-hydrogen) atoms. The molecule has 1 aromatic carbocycles. The van der Waals surface area contributed by atoms with Crippen molar-refractivity contribution in [2.75, 3.05) is 5.32 Å². The van der Waals surface area contributed by atoms with E-state index in [0.29, 0.717) is 23.8 Å². The zero-order chi connectivity index (χ0) is 17.4. The van der Waals surface area contributed by atoms with E-state index in [1.54, 1.807) is 0 Å². The molecule has 2 N–H and O–H groups in total. The number of rotatable bonds is 5. The number of hydrogen-bond acceptors (Lipinski definition) is 3. The number of anilines is 1. The first kappa shape index (κ1) is 15.6. The van der Waals surface area contributed by atoms with Gasteiger partial charge >= 0.3 is 0 Å². The third-order valence-corrected chi connectivity index (χ3v) is 4.51. The SMILES string of the molecule is Cc1cc(C)n(Cc2ccc(C(=O)Nc3cc(C4CC4)[nH]n3)cc2)n1. The molecule has 1 aliphatic carbocycles. The lowest BCUT2D eigenvalue weighted by Gasteiger charge is -2.06. The first-order valence-corrected chi connectivity index (χ1v) is 8.55. The van der Waals surface area contributed by atoms with E-state index in [4.69, 9.17) is 0 Å². The summed E-state index contributed by atoms with van der Waals surface area (Å²) in [5.41, 5.74) is 4.98. The van der Waals surface area contributed by atoms with Gasteiger partial charge in [-0.05, 0) is 50.5 Å². The number of carbonyl (C=O) groups is 1. The molecule has 0 atom stereocenters. The number of hydrogen-bond donors (Lipinski definition) is 2. The summed E-state index contributed by atoms with van der Waals surface area (Å²) in [5.74, 6) is 1.02. The Morgan fingerprint density at radius 2 is 2.00 bits per heavy atom. The monoisotopic (exact) mass is 335 g/mol. The molecule has 0 unspecified atom stereocenters. The fraction of sp³-hybridized carbons (Fsp3) is 0.316. The average Bonchev–Trinajstić information content (AvgIpc) is 3.26. The molecular formula is C19H21N5O. The number of benzene rings is 1. The van der Waals surface area contributed by atoms with Crippen LogP contribution in [0.1, 0.15) is 51.8 Å². The maximum atomic E-state index is 12.4. The second-order valence-electron chi connectivity index (χ2n) is 6.72. The molecule has 0 radical (unpaired) electrons. The van der Waals surface area contributed by atoms with Gasteiger partial charge < -0.3 is 5.32 Å². The number of carbonyl (C=O) groups excluding carboxylic acids is 1. The van der Waals surface area contributed by atoms with Crippen LogP contribution >= 0.6 is 0 Å². The summed E-state index contributed by atoms with van der Waals surface area (Å²) in [6, 6.07) is 11.6. The van der Waals surface area contributed by atoms with E-state index in [1.165, 1.54) is 12.8 Å². The van der Waals surface area contributed by atoms with Crippen molar-refractivity contribution >= 4 is 11.7 Å². The molecular weight excluding hydrogens is 314 g/mol. The van der Waals surface area contributed by atoms with Crippen LogP contribution in [0.15, 0.2) is 36.4 Å². The quantitative estimate of drug-likeness (QED) is 0.750. The van der Waals surface area contributed by atoms with E-state index in [9.17, 15) is 4.79 Å². The molecule has 0 bridgehead atoms. The summed E-state index contributed by atoms with van der Waals surface area (Å²) in [4.78, 5) is 12.4. The van der Waals surface area contributed by atoms with Crippen molar-refractivity contribution < 1.29 is 4.79 Å². The van der Waals surface area contributed by atoms with Gasteiger partial charge in [-0.15, -0.1) is 0 Å². The van der Waals surface area contributed by atoms with Crippen LogP contribution in [0.25, 0.3) is 0 Å². The Hall–Kier alpha value is -2.89. The highest BCUT2D eigenvalue weighted by atomic mass is 16.1. The van der Waals surface area contributed by atoms with Gasteiger partial charge in [-0.25, -0.2) is 0 Å². The van der Waals surface area contributed by atoms with Crippen molar-refractivity contribution in [3.05, 3.63) is 64.6 Å². The second-order valence-corrected chi connectivity index (χ2v) is 6.72. The van der Waals surface area contributed by atoms with Gasteiger partial charge in [-0.1, -0.05) is 12.1 Å². The summed E-state index contributed by atoms with van der Waals surface area (Å²) in [7, 11) is 0. The molecule has 1 fully saturated rings. The van der Waals surface area contributed by atoms with Crippen LogP contribution in [-0.2, 0) is 6.54 Å². The van der Waals surface area contributed by atoms with Crippen LogP contribution in [0.4, 0.5) is 5.82 Å². The fourth-order valence-electron chi connectivity index (χ4n) is 2.96. The first-order chi connectivity index (χ1) is 12.1. The van der Waals surface area contributed by atoms with Crippen LogP contribution in [0, 0.1) is 13.8 Å². The molecule has 4 rings (SSSR count). The molecule has 2 heterocycles. The molecule has 1 aliphatic rings. The van der Waals surface area contributed by atoms with Crippen LogP contribution in [0.3, 0.4) is 0 Å². The maximum Gasteiger partial charge on any atom is 0.256 e. The molecule has 0 spiro atoms. The topological polar surface area (TPSA) is 75.6 Å². The molecule has 1 saturated carbocycles. The highest BCUT2D eigenvalue weighted by molar-refractivity contribution is 6.03. The van der Waals surface area contributed by atoms with Gasteiger partial charge in [0.1, 0.15) is 0 Å². The number of aryl methyl sites for hydroxylation is 2. The van der Waals surface area contributed by atoms with E-state index in [-0.39, 0.29) is 5.91 Å². The Morgan fingerprint density at radius 1 is 1.24 bits per heavy atom. The Bertz CT molecular complexity index is 902. The van der Waals surface area contributed by atoms with Crippen molar-refractivity contribution in [3.63, 3.8) is 0 Å². The third kappa shape index (κ3) is 3.47. The predicted molar refractivity (Wildman–Crippen MR) is 95.8 cm³/mol. The minimum atomic E-state index is -0.147. The number of amides is 1. The van der Waals surface area contributed by atoms with Gasteiger partial charge in [0.25, 0.3) is 5.91 Å². The largest absolute Gasteiger partial charge is 0.305 e. The van der Waals surface area contributed by atoms with Crippen LogP contribution < -0.4 is 5.32 Å². The Labute approximate surface area is 146 Å². The Kier molecular flexibility index (Phi) is 3.87. The number of nitrogens with one attached hydrogen (secondary N) is 2. The lowest BCUT2D eigenvalue weighted by molar-refractivity contribution is 0.102. The van der Waals surface area contributed by atoms with E-state index >= 15 is 0 Å². The number of aromatic amines is 1. The highest BCUT2D eigenvalue weighted by Gasteiger charge is 2.25. The maximum absolute atomic E-state index is 12.4. The standard InChI is InChI=1S/C19H21N5O/c1-12-9-13(2)24(23-12)11-14-3-5-16(6-4-14)19(25)20-18-10-17(21-22-18)15-7-8-15/h3-6,9-10,15H,7-8,11H2,1-2H3,(H2,20,21,22,25). The fourth-order valence-corrected chi connectivity index (χ4v) is 2.96. The summed E-state index contributed by atoms with van der Waals surface area (Å²) >= 11 is 0. The molecule has 6 nitrogen and oxygen atoms in total. The minimum absolute atomic E-state index is 0.147. The Balaban J connectivity index is 1.41. The van der Waals surface area contributed by atoms with Gasteiger partial charge in [0.05, 0.1) is 12.2 Å². The normalized spacial score (nSPS) is 13.8. The van der Waals surface area contributed by atoms with E-state index < -0.39 is 0 Å². The van der Waals surface area contributed by atoms with Gasteiger partial charge in [-0.3, -0.25) is 14.6 Å². The van der Waals surface area contributed by atoms with Crippen molar-refractivity contribution in [2.45, 2.75) is 39.2 Å². The summed E-state index contributed by atoms with van der Waals surface area (Å²) in [5, 5.41) is 14.5. The Morgan fingerprint density at radius 3 is 2.64 bits per heavy atom. The summed E-state index contributed by atoms with van der Waals surface area (Å²) < 4.78 is 1.97. The van der Waals surface area contributed by atoms with E-state index in [1.807, 2.05) is 48.9 Å². The number of H-pyrrole nitrogens is 1. The van der Waals surface area contributed by atoms with E-state index in [0.717, 1.165) is 22.6 Å². The van der Waals surface area contributed by atoms with Crippen LogP contribution in [-0.4, -0.2) is 25.9 Å². The van der Waals surface area contributed by atoms with Gasteiger partial charge in [-0.2, -0.15) is 10.2 Å². The molecule has 3 aromatic rings. The minimum Gasteiger partial charge on any atom is -0.305 e. The number of nitrogens with zero attached hydrogens (tertiary/aromatic N) is 3. The molecule has 0 aliphatic heterocycles. The predicted octanol–water partition coefficient (Wildman–Crippen LogP) is 3.40. The van der Waals surface area contributed by atoms with Gasteiger partial charge in [0.15, 0.2) is 5.82 Å². The van der Waals surface area contributed by atoms with Crippen molar-refractivity contribution in [3.8, 4) is 0 Å². The van der Waals surface area contributed by atoms with Crippen LogP contribution in [0.2, 0.25) is 0 Å². The second kappa shape index (κ2) is 6.20. The molecule has 128 valence electrons. The van der Waals surface area contributed by atoms with Gasteiger partial charge in [0.2, 0.25) is 0 Å². The van der Waals surface area contributed by atoms with Crippen LogP contribution in [0.5, 0.6) is 0 Å². The smallest absolute Gasteiger partial charge is 0.256 e. The zero-order valence-electron chi connectivity index (χ0n) is 14.4. The zero-order valence-corrected chi connectivity index (χ0v) is 14.4. The lowest BCUT2D eigenvalue weighted by atomic mass is 10.1. The number of aromatic nitrogens is 4. The van der Waals surface area contributed by atoms with Crippen molar-refractivity contribution in [1.29, 1.82) is 0 Å². The van der Waals surface area contributed by atoms with E-state index in [2.05, 4.69) is 26.7 Å². The lowest BCUT2D eigenvalue weighted by Crippen LogP contribution is -2.12. The first-order valence-electron chi connectivity index (χ1n) is 8.55. The molecule has 1 amide bonds. The molecule has 0 saturated heterocycles. The van der Waals surface area contributed by atoms with Crippen molar-refractivity contribution in [1.82, 2.24) is 20.0 Å². The third-order valence-electron chi connectivity index (χ3n) is 4.51. The molecule has 6 heteroatoms. The summed E-state index contributed by atoms with van der Waals surface area (Å²) in [6.07, 6.45) is 2.40. The van der Waals surface area contributed by atoms with Crippen molar-refractivity contribution in [2.24, 2.45) is 0 Å².